The van der Waals surface area contributed by atoms with E-state index in [9.17, 15) is 4.79 Å². The first kappa shape index (κ1) is 15.4. The first-order chi connectivity index (χ1) is 7.56. The van der Waals surface area contributed by atoms with Crippen LogP contribution in [0.15, 0.2) is 0 Å². The van der Waals surface area contributed by atoms with E-state index in [0.717, 1.165) is 32.6 Å². The molecule has 0 aliphatic rings. The van der Waals surface area contributed by atoms with E-state index >= 15 is 0 Å². The molecule has 0 saturated carbocycles. The van der Waals surface area contributed by atoms with Gasteiger partial charge < -0.3 is 15.3 Å². The smallest absolute Gasteiger partial charge is 0.320 e. The van der Waals surface area contributed by atoms with Crippen LogP contribution >= 0.6 is 0 Å². The van der Waals surface area contributed by atoms with Gasteiger partial charge in [0.25, 0.3) is 0 Å². The van der Waals surface area contributed by atoms with E-state index in [-0.39, 0.29) is 5.92 Å². The SMILES string of the molecule is CCC(C)C(NCCN(CC)CC)C(=O)O. The molecule has 16 heavy (non-hydrogen) atoms. The second-order valence-corrected chi connectivity index (χ2v) is 4.18. The van der Waals surface area contributed by atoms with Gasteiger partial charge in [-0.2, -0.15) is 0 Å². The van der Waals surface area contributed by atoms with Crippen molar-refractivity contribution in [2.24, 2.45) is 5.92 Å². The molecule has 0 aromatic heterocycles. The van der Waals surface area contributed by atoms with Gasteiger partial charge in [-0.15, -0.1) is 0 Å². The summed E-state index contributed by atoms with van der Waals surface area (Å²) in [5.41, 5.74) is 0. The fraction of sp³-hybridized carbons (Fsp3) is 0.917. The highest BCUT2D eigenvalue weighted by Gasteiger charge is 2.22. The molecule has 4 nitrogen and oxygen atoms in total. The summed E-state index contributed by atoms with van der Waals surface area (Å²) in [4.78, 5) is 13.3. The third-order valence-electron chi connectivity index (χ3n) is 3.17. The van der Waals surface area contributed by atoms with Crippen LogP contribution in [0.1, 0.15) is 34.1 Å². The Balaban J connectivity index is 3.98. The zero-order valence-corrected chi connectivity index (χ0v) is 11.0. The molecule has 96 valence electrons. The number of hydrogen-bond donors (Lipinski definition) is 2. The molecule has 4 heteroatoms. The second kappa shape index (κ2) is 8.53. The minimum Gasteiger partial charge on any atom is -0.480 e. The molecule has 0 radical (unpaired) electrons. The van der Waals surface area contributed by atoms with Crippen LogP contribution in [0.2, 0.25) is 0 Å². The predicted molar refractivity (Wildman–Crippen MR) is 66.7 cm³/mol. The lowest BCUT2D eigenvalue weighted by molar-refractivity contribution is -0.140. The summed E-state index contributed by atoms with van der Waals surface area (Å²) in [7, 11) is 0. The molecule has 0 rings (SSSR count). The van der Waals surface area contributed by atoms with E-state index in [0.29, 0.717) is 0 Å². The fourth-order valence-electron chi connectivity index (χ4n) is 1.69. The van der Waals surface area contributed by atoms with Crippen molar-refractivity contribution in [1.29, 1.82) is 0 Å². The van der Waals surface area contributed by atoms with Crippen LogP contribution in [0, 0.1) is 5.92 Å². The number of carboxylic acids is 1. The molecule has 2 unspecified atom stereocenters. The summed E-state index contributed by atoms with van der Waals surface area (Å²) in [5.74, 6) is -0.567. The number of rotatable bonds is 9. The Labute approximate surface area is 99.0 Å². The molecular formula is C12H26N2O2. The second-order valence-electron chi connectivity index (χ2n) is 4.18. The summed E-state index contributed by atoms with van der Waals surface area (Å²) in [5, 5.41) is 12.2. The largest absolute Gasteiger partial charge is 0.480 e. The molecule has 0 aromatic rings. The van der Waals surface area contributed by atoms with Crippen molar-refractivity contribution in [3.63, 3.8) is 0 Å². The molecule has 2 N–H and O–H groups in total. The van der Waals surface area contributed by atoms with Crippen LogP contribution in [0.5, 0.6) is 0 Å². The maximum Gasteiger partial charge on any atom is 0.320 e. The fourth-order valence-corrected chi connectivity index (χ4v) is 1.69. The van der Waals surface area contributed by atoms with Gasteiger partial charge in [0.15, 0.2) is 0 Å². The summed E-state index contributed by atoms with van der Waals surface area (Å²) < 4.78 is 0. The van der Waals surface area contributed by atoms with Gasteiger partial charge in [-0.05, 0) is 19.0 Å². The van der Waals surface area contributed by atoms with Gasteiger partial charge in [-0.3, -0.25) is 4.79 Å². The van der Waals surface area contributed by atoms with Crippen molar-refractivity contribution in [2.45, 2.75) is 40.2 Å². The normalized spacial score (nSPS) is 15.1. The van der Waals surface area contributed by atoms with E-state index in [1.807, 2.05) is 13.8 Å². The summed E-state index contributed by atoms with van der Waals surface area (Å²) in [6, 6.07) is -0.416. The average molecular weight is 230 g/mol. The van der Waals surface area contributed by atoms with Crippen molar-refractivity contribution in [1.82, 2.24) is 10.2 Å². The maximum atomic E-state index is 11.0. The Morgan fingerprint density at radius 1 is 1.31 bits per heavy atom. The highest BCUT2D eigenvalue weighted by Crippen LogP contribution is 2.07. The Hall–Kier alpha value is -0.610. The van der Waals surface area contributed by atoms with E-state index < -0.39 is 12.0 Å². The first-order valence-corrected chi connectivity index (χ1v) is 6.25. The van der Waals surface area contributed by atoms with E-state index in [1.165, 1.54) is 0 Å². The quantitative estimate of drug-likeness (QED) is 0.629. The van der Waals surface area contributed by atoms with Crippen LogP contribution in [-0.4, -0.2) is 48.2 Å². The standard InChI is InChI=1S/C12H26N2O2/c1-5-10(4)11(12(15)16)13-8-9-14(6-2)7-3/h10-11,13H,5-9H2,1-4H3,(H,15,16). The summed E-state index contributed by atoms with van der Waals surface area (Å²) >= 11 is 0. The lowest BCUT2D eigenvalue weighted by Gasteiger charge is -2.23. The van der Waals surface area contributed by atoms with Gasteiger partial charge in [0.2, 0.25) is 0 Å². The lowest BCUT2D eigenvalue weighted by Crippen LogP contribution is -2.45. The Bertz CT molecular complexity index is 193. The van der Waals surface area contributed by atoms with Gasteiger partial charge in [-0.25, -0.2) is 0 Å². The molecule has 0 aliphatic heterocycles. The third kappa shape index (κ3) is 5.47. The van der Waals surface area contributed by atoms with Crippen LogP contribution in [0.25, 0.3) is 0 Å². The van der Waals surface area contributed by atoms with Crippen molar-refractivity contribution in [3.8, 4) is 0 Å². The minimum atomic E-state index is -0.742. The number of likely N-dealkylation sites (N-methyl/N-ethyl adjacent to an activating group) is 1. The number of nitrogens with zero attached hydrogens (tertiary/aromatic N) is 1. The van der Waals surface area contributed by atoms with Gasteiger partial charge >= 0.3 is 5.97 Å². The van der Waals surface area contributed by atoms with Gasteiger partial charge in [0, 0.05) is 13.1 Å². The number of hydrogen-bond acceptors (Lipinski definition) is 3. The Morgan fingerprint density at radius 3 is 2.25 bits per heavy atom. The number of carboxylic acid groups (broad SMARTS) is 1. The van der Waals surface area contributed by atoms with Crippen LogP contribution < -0.4 is 5.32 Å². The third-order valence-corrected chi connectivity index (χ3v) is 3.17. The van der Waals surface area contributed by atoms with Crippen LogP contribution in [0.3, 0.4) is 0 Å². The van der Waals surface area contributed by atoms with E-state index in [1.54, 1.807) is 0 Å². The van der Waals surface area contributed by atoms with E-state index in [4.69, 9.17) is 5.11 Å². The number of nitrogens with one attached hydrogen (secondary N) is 1. The highest BCUT2D eigenvalue weighted by molar-refractivity contribution is 5.73. The van der Waals surface area contributed by atoms with Crippen molar-refractivity contribution >= 4 is 5.97 Å². The van der Waals surface area contributed by atoms with Gasteiger partial charge in [0.1, 0.15) is 6.04 Å². The van der Waals surface area contributed by atoms with E-state index in [2.05, 4.69) is 24.1 Å². The number of carbonyl (C=O) groups is 1. The molecule has 0 amide bonds. The zero-order chi connectivity index (χ0) is 12.6. The average Bonchev–Trinajstić information content (AvgIpc) is 2.28. The minimum absolute atomic E-state index is 0.175. The summed E-state index contributed by atoms with van der Waals surface area (Å²) in [6.45, 7) is 11.9. The van der Waals surface area contributed by atoms with Crippen molar-refractivity contribution in [2.75, 3.05) is 26.2 Å². The van der Waals surface area contributed by atoms with Crippen LogP contribution in [0.4, 0.5) is 0 Å². The predicted octanol–water partition coefficient (Wildman–Crippen LogP) is 1.42. The van der Waals surface area contributed by atoms with Crippen LogP contribution in [-0.2, 0) is 4.79 Å². The van der Waals surface area contributed by atoms with Crippen molar-refractivity contribution in [3.05, 3.63) is 0 Å². The Kier molecular flexibility index (Phi) is 8.21. The molecule has 2 atom stereocenters. The van der Waals surface area contributed by atoms with Gasteiger partial charge in [0.05, 0.1) is 0 Å². The molecule has 0 heterocycles. The molecule has 0 aliphatic carbocycles. The monoisotopic (exact) mass is 230 g/mol. The first-order valence-electron chi connectivity index (χ1n) is 6.25. The maximum absolute atomic E-state index is 11.0. The molecule has 0 saturated heterocycles. The highest BCUT2D eigenvalue weighted by atomic mass is 16.4. The topological polar surface area (TPSA) is 52.6 Å². The molecule has 0 fully saturated rings. The Morgan fingerprint density at radius 2 is 1.88 bits per heavy atom. The summed E-state index contributed by atoms with van der Waals surface area (Å²) in [6.07, 6.45) is 0.884. The molecule has 0 spiro atoms. The molecule has 0 aromatic carbocycles. The lowest BCUT2D eigenvalue weighted by atomic mass is 9.99. The molecular weight excluding hydrogens is 204 g/mol. The number of aliphatic carboxylic acids is 1. The van der Waals surface area contributed by atoms with Crippen molar-refractivity contribution < 1.29 is 9.90 Å². The van der Waals surface area contributed by atoms with Gasteiger partial charge in [-0.1, -0.05) is 34.1 Å². The molecule has 0 bridgehead atoms. The zero-order valence-electron chi connectivity index (χ0n) is 11.0.